The first-order valence-electron chi connectivity index (χ1n) is 8.89. The van der Waals surface area contributed by atoms with E-state index in [1.54, 1.807) is 13.2 Å². The lowest BCUT2D eigenvalue weighted by Crippen LogP contribution is -1.99. The first-order chi connectivity index (χ1) is 13.5. The summed E-state index contributed by atoms with van der Waals surface area (Å²) in [7, 11) is 1.63. The van der Waals surface area contributed by atoms with Gasteiger partial charge in [0.05, 0.1) is 7.11 Å². The lowest BCUT2D eigenvalue weighted by atomic mass is 10.1. The first-order valence-corrected chi connectivity index (χ1v) is 9.69. The van der Waals surface area contributed by atoms with Gasteiger partial charge in [-0.05, 0) is 55.0 Å². The highest BCUT2D eigenvalue weighted by Crippen LogP contribution is 2.24. The molecule has 0 bridgehead atoms. The van der Waals surface area contributed by atoms with Crippen molar-refractivity contribution in [3.63, 3.8) is 0 Å². The largest absolute Gasteiger partial charge is 0.496 e. The van der Waals surface area contributed by atoms with Crippen LogP contribution in [-0.4, -0.2) is 12.9 Å². The van der Waals surface area contributed by atoms with Crippen LogP contribution in [-0.2, 0) is 6.61 Å². The fraction of sp³-hybridized carbons (Fsp3) is 0.125. The van der Waals surface area contributed by atoms with Gasteiger partial charge in [0.25, 0.3) is 0 Å². The zero-order valence-electron chi connectivity index (χ0n) is 15.8. The van der Waals surface area contributed by atoms with Crippen LogP contribution in [0, 0.1) is 6.92 Å². The number of methoxy groups -OCH3 is 1. The SMILES string of the molecule is COc1ccc(/C=C/C(=O)c2ccc(C)cc2)cc1COc1ccc(Br)cc1. The Morgan fingerprint density at radius 2 is 1.71 bits per heavy atom. The van der Waals surface area contributed by atoms with Gasteiger partial charge in [0.1, 0.15) is 18.1 Å². The van der Waals surface area contributed by atoms with E-state index in [9.17, 15) is 4.79 Å². The van der Waals surface area contributed by atoms with Gasteiger partial charge in [-0.25, -0.2) is 0 Å². The molecule has 4 heteroatoms. The van der Waals surface area contributed by atoms with Crippen molar-refractivity contribution >= 4 is 27.8 Å². The number of carbonyl (C=O) groups is 1. The van der Waals surface area contributed by atoms with Crippen LogP contribution in [0.3, 0.4) is 0 Å². The Morgan fingerprint density at radius 3 is 2.39 bits per heavy atom. The molecule has 0 aliphatic heterocycles. The molecule has 3 aromatic carbocycles. The molecule has 3 aromatic rings. The second-order valence-electron chi connectivity index (χ2n) is 6.38. The Hall–Kier alpha value is -2.85. The van der Waals surface area contributed by atoms with Crippen molar-refractivity contribution in [1.82, 2.24) is 0 Å². The highest BCUT2D eigenvalue weighted by molar-refractivity contribution is 9.10. The third-order valence-corrected chi connectivity index (χ3v) is 4.80. The molecule has 0 unspecified atom stereocenters. The topological polar surface area (TPSA) is 35.5 Å². The number of aryl methyl sites for hydroxylation is 1. The summed E-state index contributed by atoms with van der Waals surface area (Å²) in [6.07, 6.45) is 3.40. The lowest BCUT2D eigenvalue weighted by Gasteiger charge is -2.11. The van der Waals surface area contributed by atoms with Crippen LogP contribution in [0.15, 0.2) is 77.3 Å². The van der Waals surface area contributed by atoms with Gasteiger partial charge in [0.2, 0.25) is 0 Å². The maximum absolute atomic E-state index is 12.3. The van der Waals surface area contributed by atoms with E-state index in [1.807, 2.05) is 79.7 Å². The van der Waals surface area contributed by atoms with Gasteiger partial charge in [0, 0.05) is 15.6 Å². The zero-order chi connectivity index (χ0) is 19.9. The first kappa shape index (κ1) is 19.9. The average Bonchev–Trinajstić information content (AvgIpc) is 2.72. The minimum absolute atomic E-state index is 0.0246. The summed E-state index contributed by atoms with van der Waals surface area (Å²) in [6.45, 7) is 2.37. The number of allylic oxidation sites excluding steroid dienone is 1. The van der Waals surface area contributed by atoms with Crippen LogP contribution in [0.4, 0.5) is 0 Å². The number of ketones is 1. The fourth-order valence-electron chi connectivity index (χ4n) is 2.69. The average molecular weight is 437 g/mol. The van der Waals surface area contributed by atoms with Crippen LogP contribution in [0.25, 0.3) is 6.08 Å². The number of ether oxygens (including phenoxy) is 2. The quantitative estimate of drug-likeness (QED) is 0.324. The molecule has 0 fully saturated rings. The van der Waals surface area contributed by atoms with Crippen molar-refractivity contribution in [2.75, 3.05) is 7.11 Å². The predicted molar refractivity (Wildman–Crippen MR) is 116 cm³/mol. The molecule has 0 amide bonds. The summed E-state index contributed by atoms with van der Waals surface area (Å²) < 4.78 is 12.3. The van der Waals surface area contributed by atoms with Gasteiger partial charge in [0.15, 0.2) is 5.78 Å². The van der Waals surface area contributed by atoms with Crippen LogP contribution < -0.4 is 9.47 Å². The van der Waals surface area contributed by atoms with E-state index < -0.39 is 0 Å². The van der Waals surface area contributed by atoms with E-state index in [4.69, 9.17) is 9.47 Å². The van der Waals surface area contributed by atoms with Gasteiger partial charge in [-0.1, -0.05) is 57.9 Å². The zero-order valence-corrected chi connectivity index (χ0v) is 17.4. The Bertz CT molecular complexity index is 974. The Morgan fingerprint density at radius 1 is 1.00 bits per heavy atom. The minimum atomic E-state index is -0.0246. The van der Waals surface area contributed by atoms with Gasteiger partial charge in [-0.3, -0.25) is 4.79 Å². The van der Waals surface area contributed by atoms with Gasteiger partial charge in [-0.15, -0.1) is 0 Å². The standard InChI is InChI=1S/C24H21BrO3/c1-17-3-7-19(8-4-17)23(26)13-5-18-6-14-24(27-2)20(15-18)16-28-22-11-9-21(25)10-12-22/h3-15H,16H2,1-2H3/b13-5+. The van der Waals surface area contributed by atoms with Crippen molar-refractivity contribution < 1.29 is 14.3 Å². The van der Waals surface area contributed by atoms with E-state index >= 15 is 0 Å². The van der Waals surface area contributed by atoms with Crippen LogP contribution >= 0.6 is 15.9 Å². The Balaban J connectivity index is 1.73. The van der Waals surface area contributed by atoms with Gasteiger partial charge < -0.3 is 9.47 Å². The second-order valence-corrected chi connectivity index (χ2v) is 7.29. The van der Waals surface area contributed by atoms with Gasteiger partial charge in [-0.2, -0.15) is 0 Å². The monoisotopic (exact) mass is 436 g/mol. The van der Waals surface area contributed by atoms with Crippen molar-refractivity contribution in [3.05, 3.63) is 99.5 Å². The third-order valence-electron chi connectivity index (χ3n) is 4.28. The molecule has 0 atom stereocenters. The molecule has 0 aromatic heterocycles. The number of carbonyl (C=O) groups excluding carboxylic acids is 1. The molecule has 0 aliphatic carbocycles. The summed E-state index contributed by atoms with van der Waals surface area (Å²) in [5.74, 6) is 1.50. The number of hydrogen-bond donors (Lipinski definition) is 0. The molecule has 0 saturated heterocycles. The molecule has 0 saturated carbocycles. The fourth-order valence-corrected chi connectivity index (χ4v) is 2.96. The minimum Gasteiger partial charge on any atom is -0.496 e. The summed E-state index contributed by atoms with van der Waals surface area (Å²) >= 11 is 3.41. The van der Waals surface area contributed by atoms with E-state index in [2.05, 4.69) is 15.9 Å². The van der Waals surface area contributed by atoms with Crippen LogP contribution in [0.1, 0.15) is 27.0 Å². The Kier molecular flexibility index (Phi) is 6.66. The molecule has 142 valence electrons. The number of rotatable bonds is 7. The molecular formula is C24H21BrO3. The van der Waals surface area contributed by atoms with E-state index in [1.165, 1.54) is 0 Å². The molecule has 28 heavy (non-hydrogen) atoms. The highest BCUT2D eigenvalue weighted by atomic mass is 79.9. The summed E-state index contributed by atoms with van der Waals surface area (Å²) in [5.41, 5.74) is 3.63. The van der Waals surface area contributed by atoms with Gasteiger partial charge >= 0.3 is 0 Å². The second kappa shape index (κ2) is 9.38. The maximum Gasteiger partial charge on any atom is 0.185 e. The van der Waals surface area contributed by atoms with Crippen LogP contribution in [0.2, 0.25) is 0 Å². The van der Waals surface area contributed by atoms with Crippen molar-refractivity contribution in [1.29, 1.82) is 0 Å². The molecule has 0 radical (unpaired) electrons. The summed E-state index contributed by atoms with van der Waals surface area (Å²) in [6, 6.07) is 21.0. The molecule has 0 spiro atoms. The lowest BCUT2D eigenvalue weighted by molar-refractivity contribution is 0.104. The maximum atomic E-state index is 12.3. The molecule has 0 heterocycles. The molecule has 0 N–H and O–H groups in total. The number of hydrogen-bond acceptors (Lipinski definition) is 3. The van der Waals surface area contributed by atoms with Crippen molar-refractivity contribution in [2.45, 2.75) is 13.5 Å². The van der Waals surface area contributed by atoms with Crippen molar-refractivity contribution in [3.8, 4) is 11.5 Å². The molecular weight excluding hydrogens is 416 g/mol. The van der Waals surface area contributed by atoms with E-state index in [-0.39, 0.29) is 5.78 Å². The summed E-state index contributed by atoms with van der Waals surface area (Å²) in [5, 5.41) is 0. The summed E-state index contributed by atoms with van der Waals surface area (Å²) in [4.78, 5) is 12.3. The third kappa shape index (κ3) is 5.33. The predicted octanol–water partition coefficient (Wildman–Crippen LogP) is 6.24. The van der Waals surface area contributed by atoms with E-state index in [0.29, 0.717) is 12.2 Å². The normalized spacial score (nSPS) is 10.8. The Labute approximate surface area is 173 Å². The molecule has 0 aliphatic rings. The van der Waals surface area contributed by atoms with Crippen molar-refractivity contribution in [2.24, 2.45) is 0 Å². The number of halogens is 1. The van der Waals surface area contributed by atoms with Crippen LogP contribution in [0.5, 0.6) is 11.5 Å². The smallest absolute Gasteiger partial charge is 0.185 e. The number of benzene rings is 3. The molecule has 3 rings (SSSR count). The molecule has 3 nitrogen and oxygen atoms in total. The van der Waals surface area contributed by atoms with E-state index in [0.717, 1.165) is 32.7 Å². The highest BCUT2D eigenvalue weighted by Gasteiger charge is 2.06.